The van der Waals surface area contributed by atoms with E-state index in [1.165, 1.54) is 0 Å². The van der Waals surface area contributed by atoms with Crippen LogP contribution in [0.25, 0.3) is 0 Å². The molecule has 0 unspecified atom stereocenters. The minimum atomic E-state index is -0.0708. The predicted octanol–water partition coefficient (Wildman–Crippen LogP) is 2.24. The first-order valence-electron chi connectivity index (χ1n) is 6.34. The van der Waals surface area contributed by atoms with Gasteiger partial charge in [0.25, 0.3) is 0 Å². The first kappa shape index (κ1) is 12.7. The van der Waals surface area contributed by atoms with E-state index in [2.05, 4.69) is 17.2 Å². The minimum Gasteiger partial charge on any atom is -0.397 e. The third-order valence-electron chi connectivity index (χ3n) is 3.46. The van der Waals surface area contributed by atoms with Crippen LogP contribution in [-0.2, 0) is 0 Å². The SMILES string of the molecule is Cc1cc(NC(=O)N2CCC(C)CC2)ncc1N. The number of pyridine rings is 1. The third kappa shape index (κ3) is 2.91. The number of hydrogen-bond donors (Lipinski definition) is 2. The fourth-order valence-corrected chi connectivity index (χ4v) is 2.04. The van der Waals surface area contributed by atoms with Crippen molar-refractivity contribution in [1.29, 1.82) is 0 Å². The van der Waals surface area contributed by atoms with Crippen molar-refractivity contribution in [3.05, 3.63) is 17.8 Å². The number of piperidine rings is 1. The summed E-state index contributed by atoms with van der Waals surface area (Å²) >= 11 is 0. The molecule has 5 nitrogen and oxygen atoms in total. The second-order valence-electron chi connectivity index (χ2n) is 5.03. The number of likely N-dealkylation sites (tertiary alicyclic amines) is 1. The zero-order chi connectivity index (χ0) is 13.1. The van der Waals surface area contributed by atoms with Crippen LogP contribution >= 0.6 is 0 Å². The second-order valence-corrected chi connectivity index (χ2v) is 5.03. The number of aromatic nitrogens is 1. The van der Waals surface area contributed by atoms with E-state index in [1.54, 1.807) is 12.3 Å². The third-order valence-corrected chi connectivity index (χ3v) is 3.46. The monoisotopic (exact) mass is 248 g/mol. The van der Waals surface area contributed by atoms with Crippen molar-refractivity contribution >= 4 is 17.5 Å². The van der Waals surface area contributed by atoms with Gasteiger partial charge >= 0.3 is 6.03 Å². The molecule has 98 valence electrons. The molecule has 0 aromatic carbocycles. The number of hydrogen-bond acceptors (Lipinski definition) is 3. The molecule has 1 aliphatic heterocycles. The number of aryl methyl sites for hydroxylation is 1. The molecule has 5 heteroatoms. The highest BCUT2D eigenvalue weighted by Gasteiger charge is 2.20. The quantitative estimate of drug-likeness (QED) is 0.800. The summed E-state index contributed by atoms with van der Waals surface area (Å²) in [5, 5.41) is 2.81. The summed E-state index contributed by atoms with van der Waals surface area (Å²) in [6.45, 7) is 5.76. The zero-order valence-electron chi connectivity index (χ0n) is 10.9. The van der Waals surface area contributed by atoms with Gasteiger partial charge in [-0.25, -0.2) is 9.78 Å². The number of carbonyl (C=O) groups is 1. The van der Waals surface area contributed by atoms with Crippen molar-refractivity contribution < 1.29 is 4.79 Å². The van der Waals surface area contributed by atoms with E-state index in [0.717, 1.165) is 31.5 Å². The average molecular weight is 248 g/mol. The number of amides is 2. The van der Waals surface area contributed by atoms with Crippen LogP contribution in [0.3, 0.4) is 0 Å². The van der Waals surface area contributed by atoms with E-state index in [4.69, 9.17) is 5.73 Å². The summed E-state index contributed by atoms with van der Waals surface area (Å²) in [5.74, 6) is 1.27. The summed E-state index contributed by atoms with van der Waals surface area (Å²) in [6.07, 6.45) is 3.71. The van der Waals surface area contributed by atoms with Crippen molar-refractivity contribution in [3.63, 3.8) is 0 Å². The average Bonchev–Trinajstić information content (AvgIpc) is 2.34. The molecule has 0 bridgehead atoms. The number of anilines is 2. The maximum atomic E-state index is 12.0. The Morgan fingerprint density at radius 1 is 1.50 bits per heavy atom. The van der Waals surface area contributed by atoms with Crippen LogP contribution in [0.1, 0.15) is 25.3 Å². The van der Waals surface area contributed by atoms with Crippen LogP contribution in [0.2, 0.25) is 0 Å². The lowest BCUT2D eigenvalue weighted by Gasteiger charge is -2.30. The number of urea groups is 1. The molecule has 1 saturated heterocycles. The minimum absolute atomic E-state index is 0.0708. The van der Waals surface area contributed by atoms with Crippen molar-refractivity contribution in [1.82, 2.24) is 9.88 Å². The van der Waals surface area contributed by atoms with Gasteiger partial charge in [-0.05, 0) is 37.3 Å². The number of nitrogen functional groups attached to an aromatic ring is 1. The lowest BCUT2D eigenvalue weighted by atomic mass is 10.00. The van der Waals surface area contributed by atoms with Gasteiger partial charge in [-0.2, -0.15) is 0 Å². The van der Waals surface area contributed by atoms with Crippen LogP contribution in [0.4, 0.5) is 16.3 Å². The van der Waals surface area contributed by atoms with Crippen molar-refractivity contribution in [2.24, 2.45) is 5.92 Å². The second kappa shape index (κ2) is 5.25. The molecule has 0 spiro atoms. The fourth-order valence-electron chi connectivity index (χ4n) is 2.04. The van der Waals surface area contributed by atoms with Crippen LogP contribution in [0.5, 0.6) is 0 Å². The van der Waals surface area contributed by atoms with E-state index < -0.39 is 0 Å². The molecule has 18 heavy (non-hydrogen) atoms. The molecule has 3 N–H and O–H groups in total. The van der Waals surface area contributed by atoms with Gasteiger partial charge in [0.2, 0.25) is 0 Å². The van der Waals surface area contributed by atoms with E-state index in [0.29, 0.717) is 17.4 Å². The van der Waals surface area contributed by atoms with E-state index in [1.807, 2.05) is 11.8 Å². The van der Waals surface area contributed by atoms with E-state index in [9.17, 15) is 4.79 Å². The molecule has 1 fully saturated rings. The molecule has 0 saturated carbocycles. The molecular formula is C13H20N4O. The molecule has 2 rings (SSSR count). The van der Waals surface area contributed by atoms with Gasteiger partial charge in [0.05, 0.1) is 11.9 Å². The Bertz CT molecular complexity index is 439. The normalized spacial score (nSPS) is 16.7. The Kier molecular flexibility index (Phi) is 3.69. The van der Waals surface area contributed by atoms with Crippen LogP contribution in [-0.4, -0.2) is 29.0 Å². The fraction of sp³-hybridized carbons (Fsp3) is 0.538. The maximum Gasteiger partial charge on any atom is 0.323 e. The summed E-state index contributed by atoms with van der Waals surface area (Å²) in [5.41, 5.74) is 7.25. The van der Waals surface area contributed by atoms with E-state index in [-0.39, 0.29) is 6.03 Å². The number of nitrogens with zero attached hydrogens (tertiary/aromatic N) is 2. The Morgan fingerprint density at radius 3 is 2.78 bits per heavy atom. The Balaban J connectivity index is 1.96. The summed E-state index contributed by atoms with van der Waals surface area (Å²) in [6, 6.07) is 1.72. The largest absolute Gasteiger partial charge is 0.397 e. The van der Waals surface area contributed by atoms with Gasteiger partial charge in [0, 0.05) is 13.1 Å². The van der Waals surface area contributed by atoms with Crippen LogP contribution in [0, 0.1) is 12.8 Å². The van der Waals surface area contributed by atoms with Gasteiger partial charge in [-0.1, -0.05) is 6.92 Å². The van der Waals surface area contributed by atoms with Crippen molar-refractivity contribution in [2.75, 3.05) is 24.1 Å². The summed E-state index contributed by atoms with van der Waals surface area (Å²) in [4.78, 5) is 18.0. The summed E-state index contributed by atoms with van der Waals surface area (Å²) in [7, 11) is 0. The van der Waals surface area contributed by atoms with Crippen LogP contribution < -0.4 is 11.1 Å². The standard InChI is InChI=1S/C13H20N4O/c1-9-3-5-17(6-4-9)13(18)16-12-7-10(2)11(14)8-15-12/h7-9H,3-6,14H2,1-2H3,(H,15,16,18). The number of rotatable bonds is 1. The highest BCUT2D eigenvalue weighted by molar-refractivity contribution is 5.88. The first-order chi connectivity index (χ1) is 8.56. The topological polar surface area (TPSA) is 71.2 Å². The van der Waals surface area contributed by atoms with E-state index >= 15 is 0 Å². The summed E-state index contributed by atoms with van der Waals surface area (Å²) < 4.78 is 0. The smallest absolute Gasteiger partial charge is 0.323 e. The van der Waals surface area contributed by atoms with Crippen LogP contribution in [0.15, 0.2) is 12.3 Å². The van der Waals surface area contributed by atoms with Gasteiger partial charge in [-0.3, -0.25) is 5.32 Å². The Labute approximate surface area is 107 Å². The number of nitrogens with one attached hydrogen (secondary N) is 1. The molecule has 0 aliphatic carbocycles. The van der Waals surface area contributed by atoms with Gasteiger partial charge in [0.1, 0.15) is 5.82 Å². The highest BCUT2D eigenvalue weighted by atomic mass is 16.2. The van der Waals surface area contributed by atoms with Gasteiger partial charge < -0.3 is 10.6 Å². The Hall–Kier alpha value is -1.78. The predicted molar refractivity (Wildman–Crippen MR) is 72.4 cm³/mol. The molecule has 0 radical (unpaired) electrons. The van der Waals surface area contributed by atoms with Gasteiger partial charge in [-0.15, -0.1) is 0 Å². The van der Waals surface area contributed by atoms with Crippen molar-refractivity contribution in [2.45, 2.75) is 26.7 Å². The van der Waals surface area contributed by atoms with Gasteiger partial charge in [0.15, 0.2) is 0 Å². The molecule has 1 aliphatic rings. The molecule has 2 heterocycles. The Morgan fingerprint density at radius 2 is 2.17 bits per heavy atom. The molecule has 2 amide bonds. The number of carbonyl (C=O) groups excluding carboxylic acids is 1. The molecule has 1 aromatic rings. The lowest BCUT2D eigenvalue weighted by Crippen LogP contribution is -2.40. The zero-order valence-corrected chi connectivity index (χ0v) is 10.9. The van der Waals surface area contributed by atoms with Crippen molar-refractivity contribution in [3.8, 4) is 0 Å². The maximum absolute atomic E-state index is 12.0. The molecule has 0 atom stereocenters. The highest BCUT2D eigenvalue weighted by Crippen LogP contribution is 2.18. The molecule has 1 aromatic heterocycles. The molecular weight excluding hydrogens is 228 g/mol. The lowest BCUT2D eigenvalue weighted by molar-refractivity contribution is 0.186. The first-order valence-corrected chi connectivity index (χ1v) is 6.34. The number of nitrogens with two attached hydrogens (primary N) is 1.